The van der Waals surface area contributed by atoms with Gasteiger partial charge in [0.15, 0.2) is 8.29 Å². The molecule has 0 saturated heterocycles. The lowest BCUT2D eigenvalue weighted by atomic mass is 10.9. The van der Waals surface area contributed by atoms with Gasteiger partial charge in [-0.3, -0.25) is 5.10 Å². The molecule has 0 aliphatic heterocycles. The van der Waals surface area contributed by atoms with Crippen molar-refractivity contribution in [3.8, 4) is 0 Å². The van der Waals surface area contributed by atoms with Gasteiger partial charge in [-0.05, 0) is 19.1 Å². The normalized spacial score (nSPS) is 10.3. The second-order valence-corrected chi connectivity index (χ2v) is 4.47. The molecule has 1 aromatic heterocycles. The maximum Gasteiger partial charge on any atom is 0.177 e. The largest absolute Gasteiger partial charge is 0.371 e. The van der Waals surface area contributed by atoms with E-state index in [0.29, 0.717) is 9.89 Å². The Morgan fingerprint density at radius 1 is 1.82 bits per heavy atom. The van der Waals surface area contributed by atoms with Gasteiger partial charge in [-0.25, -0.2) is 0 Å². The van der Waals surface area contributed by atoms with Crippen LogP contribution in [0.3, 0.4) is 0 Å². The quantitative estimate of drug-likeness (QED) is 0.356. The molecular formula is C5H8N2OS3. The Balaban J connectivity index is 2.33. The molecule has 0 spiro atoms. The molecular weight excluding hydrogens is 200 g/mol. The minimum Gasteiger partial charge on any atom is -0.371 e. The van der Waals surface area contributed by atoms with Crippen LogP contribution in [0.1, 0.15) is 6.92 Å². The third-order valence-corrected chi connectivity index (χ3v) is 3.00. The van der Waals surface area contributed by atoms with Gasteiger partial charge in [0, 0.05) is 6.61 Å². The van der Waals surface area contributed by atoms with E-state index in [1.165, 1.54) is 11.3 Å². The first kappa shape index (κ1) is 9.18. The number of nitrogens with one attached hydrogen (secondary N) is 1. The van der Waals surface area contributed by atoms with E-state index in [4.69, 9.17) is 17.0 Å². The summed E-state index contributed by atoms with van der Waals surface area (Å²) in [5.41, 5.74) is 0. The smallest absolute Gasteiger partial charge is 0.177 e. The van der Waals surface area contributed by atoms with Crippen molar-refractivity contribution < 1.29 is 4.74 Å². The molecule has 6 heteroatoms. The maximum atomic E-state index is 5.13. The number of hydrogen-bond donors (Lipinski definition) is 1. The predicted molar refractivity (Wildman–Crippen MR) is 49.6 cm³/mol. The van der Waals surface area contributed by atoms with Gasteiger partial charge in [0.1, 0.15) is 0 Å². The zero-order valence-electron chi connectivity index (χ0n) is 5.99. The fourth-order valence-electron chi connectivity index (χ4n) is 0.453. The minimum atomic E-state index is 0.645. The second kappa shape index (κ2) is 4.87. The van der Waals surface area contributed by atoms with E-state index < -0.39 is 0 Å². The van der Waals surface area contributed by atoms with Crippen molar-refractivity contribution in [2.45, 2.75) is 11.3 Å². The number of aromatic amines is 1. The topological polar surface area (TPSA) is 37.9 Å². The van der Waals surface area contributed by atoms with Crippen LogP contribution in [-0.4, -0.2) is 22.7 Å². The van der Waals surface area contributed by atoms with Gasteiger partial charge in [-0.15, -0.1) is 0 Å². The summed E-state index contributed by atoms with van der Waals surface area (Å²) in [6, 6.07) is 0. The first-order valence-corrected chi connectivity index (χ1v) is 5.30. The van der Waals surface area contributed by atoms with Crippen LogP contribution in [0.4, 0.5) is 0 Å². The van der Waals surface area contributed by atoms with E-state index in [1.807, 2.05) is 6.92 Å². The van der Waals surface area contributed by atoms with Crippen LogP contribution >= 0.6 is 35.3 Å². The van der Waals surface area contributed by atoms with Crippen LogP contribution in [0, 0.1) is 3.95 Å². The molecule has 0 amide bonds. The minimum absolute atomic E-state index is 0.645. The molecule has 0 fully saturated rings. The third-order valence-electron chi connectivity index (χ3n) is 0.888. The zero-order valence-corrected chi connectivity index (χ0v) is 8.44. The molecule has 0 atom stereocenters. The molecule has 0 saturated carbocycles. The van der Waals surface area contributed by atoms with E-state index in [1.54, 1.807) is 11.8 Å². The molecule has 0 bridgehead atoms. The standard InChI is InChI=1S/C5H8N2OS3/c1-2-8-3-10-5-7-6-4(9)11-5/h2-3H2,1H3,(H,6,9). The fraction of sp³-hybridized carbons (Fsp3) is 0.600. The molecule has 62 valence electrons. The molecule has 0 unspecified atom stereocenters. The Morgan fingerprint density at radius 3 is 3.18 bits per heavy atom. The van der Waals surface area contributed by atoms with Gasteiger partial charge < -0.3 is 4.74 Å². The first-order chi connectivity index (χ1) is 5.33. The Morgan fingerprint density at radius 2 is 2.64 bits per heavy atom. The summed E-state index contributed by atoms with van der Waals surface area (Å²) < 4.78 is 6.77. The number of H-pyrrole nitrogens is 1. The SMILES string of the molecule is CCOCSc1n[nH]c(=S)s1. The Hall–Kier alpha value is 0.0900. The Kier molecular flexibility index (Phi) is 4.06. The van der Waals surface area contributed by atoms with Gasteiger partial charge in [0.05, 0.1) is 5.94 Å². The highest BCUT2D eigenvalue weighted by Gasteiger charge is 1.96. The summed E-state index contributed by atoms with van der Waals surface area (Å²) in [6.07, 6.45) is 0. The number of ether oxygens (including phenoxy) is 1. The highest BCUT2D eigenvalue weighted by molar-refractivity contribution is 8.00. The summed E-state index contributed by atoms with van der Waals surface area (Å²) >= 11 is 7.88. The average molecular weight is 208 g/mol. The molecule has 1 aromatic rings. The van der Waals surface area contributed by atoms with E-state index in [9.17, 15) is 0 Å². The molecule has 1 heterocycles. The van der Waals surface area contributed by atoms with Crippen molar-refractivity contribution >= 4 is 35.3 Å². The van der Waals surface area contributed by atoms with Gasteiger partial charge >= 0.3 is 0 Å². The zero-order chi connectivity index (χ0) is 8.10. The van der Waals surface area contributed by atoms with Gasteiger partial charge in [0.25, 0.3) is 0 Å². The molecule has 1 rings (SSSR count). The summed E-state index contributed by atoms with van der Waals surface area (Å²) in [4.78, 5) is 0. The highest BCUT2D eigenvalue weighted by atomic mass is 32.2. The molecule has 0 aliphatic carbocycles. The van der Waals surface area contributed by atoms with Crippen molar-refractivity contribution in [3.05, 3.63) is 3.95 Å². The Bertz CT molecular complexity index is 256. The van der Waals surface area contributed by atoms with Crippen molar-refractivity contribution in [2.24, 2.45) is 0 Å². The summed E-state index contributed by atoms with van der Waals surface area (Å²) in [5.74, 6) is 0.645. The van der Waals surface area contributed by atoms with Crippen molar-refractivity contribution in [3.63, 3.8) is 0 Å². The number of nitrogens with zero attached hydrogens (tertiary/aromatic N) is 1. The lowest BCUT2D eigenvalue weighted by Gasteiger charge is -1.94. The molecule has 0 aromatic carbocycles. The average Bonchev–Trinajstić information content (AvgIpc) is 2.37. The second-order valence-electron chi connectivity index (χ2n) is 1.63. The molecule has 1 N–H and O–H groups in total. The van der Waals surface area contributed by atoms with Crippen molar-refractivity contribution in [1.29, 1.82) is 0 Å². The number of aromatic nitrogens is 2. The van der Waals surface area contributed by atoms with Crippen LogP contribution in [0.2, 0.25) is 0 Å². The first-order valence-electron chi connectivity index (χ1n) is 3.09. The number of rotatable bonds is 4. The van der Waals surface area contributed by atoms with Crippen LogP contribution in [0.15, 0.2) is 4.34 Å². The van der Waals surface area contributed by atoms with Crippen LogP contribution < -0.4 is 0 Å². The van der Waals surface area contributed by atoms with Crippen molar-refractivity contribution in [1.82, 2.24) is 10.2 Å². The van der Waals surface area contributed by atoms with Crippen LogP contribution in [-0.2, 0) is 4.74 Å². The monoisotopic (exact) mass is 208 g/mol. The Labute approximate surface area is 78.2 Å². The lowest BCUT2D eigenvalue weighted by Crippen LogP contribution is -1.87. The van der Waals surface area contributed by atoms with Crippen molar-refractivity contribution in [2.75, 3.05) is 12.5 Å². The third kappa shape index (κ3) is 3.33. The van der Waals surface area contributed by atoms with E-state index in [0.717, 1.165) is 10.9 Å². The maximum absolute atomic E-state index is 5.13. The highest BCUT2D eigenvalue weighted by Crippen LogP contribution is 2.19. The molecule has 3 nitrogen and oxygen atoms in total. The van der Waals surface area contributed by atoms with Gasteiger partial charge in [-0.1, -0.05) is 23.1 Å². The number of hydrogen-bond acceptors (Lipinski definition) is 5. The van der Waals surface area contributed by atoms with E-state index in [-0.39, 0.29) is 0 Å². The molecule has 11 heavy (non-hydrogen) atoms. The lowest BCUT2D eigenvalue weighted by molar-refractivity contribution is 0.199. The van der Waals surface area contributed by atoms with Crippen LogP contribution in [0.25, 0.3) is 0 Å². The molecule has 0 radical (unpaired) electrons. The number of thioether (sulfide) groups is 1. The summed E-state index contributed by atoms with van der Waals surface area (Å²) in [5, 5.41) is 6.66. The van der Waals surface area contributed by atoms with Gasteiger partial charge in [-0.2, -0.15) is 5.10 Å². The predicted octanol–water partition coefficient (Wildman–Crippen LogP) is 2.29. The summed E-state index contributed by atoms with van der Waals surface area (Å²) in [7, 11) is 0. The molecule has 0 aliphatic rings. The van der Waals surface area contributed by atoms with Crippen LogP contribution in [0.5, 0.6) is 0 Å². The fourth-order valence-corrected chi connectivity index (χ4v) is 2.33. The van der Waals surface area contributed by atoms with E-state index in [2.05, 4.69) is 10.2 Å². The van der Waals surface area contributed by atoms with E-state index >= 15 is 0 Å². The van der Waals surface area contributed by atoms with Gasteiger partial charge in [0.2, 0.25) is 0 Å². The summed E-state index contributed by atoms with van der Waals surface area (Å²) in [6.45, 7) is 2.70.